The van der Waals surface area contributed by atoms with Crippen LogP contribution in [0.2, 0.25) is 0 Å². The van der Waals surface area contributed by atoms with E-state index in [1.807, 2.05) is 0 Å². The zero-order valence-electron chi connectivity index (χ0n) is 8.92. The molecule has 0 amide bonds. The molecule has 0 nitrogen and oxygen atoms in total. The largest absolute Gasteiger partial charge is 0.103 e. The van der Waals surface area contributed by atoms with Gasteiger partial charge in [0, 0.05) is 0 Å². The van der Waals surface area contributed by atoms with E-state index in [0.717, 1.165) is 6.42 Å². The predicted octanol–water partition coefficient (Wildman–Crippen LogP) is 3.86. The summed E-state index contributed by atoms with van der Waals surface area (Å²) in [5, 5.41) is 0. The average molecular weight is 186 g/mol. The summed E-state index contributed by atoms with van der Waals surface area (Å²) in [6, 6.07) is 8.87. The highest BCUT2D eigenvalue weighted by atomic mass is 14.3. The van der Waals surface area contributed by atoms with Gasteiger partial charge in [0.05, 0.1) is 0 Å². The van der Waals surface area contributed by atoms with Crippen LogP contribution < -0.4 is 0 Å². The molecule has 0 aliphatic heterocycles. The summed E-state index contributed by atoms with van der Waals surface area (Å²) in [5.41, 5.74) is 3.44. The van der Waals surface area contributed by atoms with Crippen LogP contribution in [0.5, 0.6) is 0 Å². The maximum atomic E-state index is 3.87. The molecule has 1 aromatic carbocycles. The Hall–Kier alpha value is -1.04. The van der Waals surface area contributed by atoms with Crippen molar-refractivity contribution in [2.45, 2.75) is 38.0 Å². The smallest absolute Gasteiger partial charge is 0.00381 e. The normalized spacial score (nSPS) is 25.5. The maximum absolute atomic E-state index is 3.87. The van der Waals surface area contributed by atoms with E-state index in [2.05, 4.69) is 43.8 Å². The molecule has 1 unspecified atom stereocenters. The van der Waals surface area contributed by atoms with Crippen molar-refractivity contribution in [3.05, 3.63) is 48.0 Å². The molecule has 1 aliphatic rings. The Morgan fingerprint density at radius 1 is 1.43 bits per heavy atom. The summed E-state index contributed by atoms with van der Waals surface area (Å²) < 4.78 is 0. The molecule has 0 fully saturated rings. The monoisotopic (exact) mass is 186 g/mol. The van der Waals surface area contributed by atoms with E-state index in [1.54, 1.807) is 11.1 Å². The second kappa shape index (κ2) is 3.61. The summed E-state index contributed by atoms with van der Waals surface area (Å²) >= 11 is 0. The van der Waals surface area contributed by atoms with Crippen molar-refractivity contribution < 1.29 is 0 Å². The number of allylic oxidation sites excluding steroid dienone is 1. The highest BCUT2D eigenvalue weighted by Gasteiger charge is 2.29. The fourth-order valence-corrected chi connectivity index (χ4v) is 2.66. The molecule has 0 aromatic heterocycles. The van der Waals surface area contributed by atoms with E-state index in [9.17, 15) is 0 Å². The molecule has 1 aromatic rings. The Kier molecular flexibility index (Phi) is 2.45. The Labute approximate surface area is 86.7 Å². The highest BCUT2D eigenvalue weighted by molar-refractivity contribution is 5.36. The number of fused-ring (bicyclic) bond motifs is 1. The molecule has 0 heteroatoms. The Morgan fingerprint density at radius 3 is 3.00 bits per heavy atom. The number of benzene rings is 1. The lowest BCUT2D eigenvalue weighted by Crippen LogP contribution is -2.26. The summed E-state index contributed by atoms with van der Waals surface area (Å²) in [5.74, 6) is 0. The van der Waals surface area contributed by atoms with Gasteiger partial charge in [-0.2, -0.15) is 0 Å². The van der Waals surface area contributed by atoms with E-state index in [1.165, 1.54) is 19.3 Å². The first-order valence-corrected chi connectivity index (χ1v) is 5.45. The van der Waals surface area contributed by atoms with Crippen LogP contribution in [-0.4, -0.2) is 0 Å². The lowest BCUT2D eigenvalue weighted by molar-refractivity contribution is 0.398. The minimum absolute atomic E-state index is 0.344. The number of hydrogen-bond donors (Lipinski definition) is 0. The highest BCUT2D eigenvalue weighted by Crippen LogP contribution is 2.39. The van der Waals surface area contributed by atoms with Gasteiger partial charge >= 0.3 is 0 Å². The Bertz CT molecular complexity index is 338. The quantitative estimate of drug-likeness (QED) is 0.615. The molecule has 0 saturated carbocycles. The first-order chi connectivity index (χ1) is 6.76. The van der Waals surface area contributed by atoms with Crippen LogP contribution in [-0.2, 0) is 11.8 Å². The Morgan fingerprint density at radius 2 is 2.21 bits per heavy atom. The van der Waals surface area contributed by atoms with Gasteiger partial charge < -0.3 is 0 Å². The zero-order valence-corrected chi connectivity index (χ0v) is 8.92. The molecule has 0 saturated heterocycles. The lowest BCUT2D eigenvalue weighted by Gasteiger charge is -2.35. The van der Waals surface area contributed by atoms with Gasteiger partial charge in [-0.3, -0.25) is 0 Å². The van der Waals surface area contributed by atoms with Gasteiger partial charge in [-0.1, -0.05) is 37.3 Å². The van der Waals surface area contributed by atoms with E-state index in [0.29, 0.717) is 5.41 Å². The van der Waals surface area contributed by atoms with Gasteiger partial charge in [0.2, 0.25) is 0 Å². The molecular formula is C14H18. The number of hydrogen-bond acceptors (Lipinski definition) is 0. The van der Waals surface area contributed by atoms with Crippen LogP contribution in [0, 0.1) is 0 Å². The maximum Gasteiger partial charge on any atom is -0.00381 e. The molecule has 0 heterocycles. The van der Waals surface area contributed by atoms with Crippen LogP contribution in [0.1, 0.15) is 37.3 Å². The van der Waals surface area contributed by atoms with Crippen molar-refractivity contribution in [2.24, 2.45) is 0 Å². The van der Waals surface area contributed by atoms with E-state index in [-0.39, 0.29) is 0 Å². The molecular weight excluding hydrogens is 168 g/mol. The first kappa shape index (κ1) is 9.51. The van der Waals surface area contributed by atoms with Gasteiger partial charge in [0.25, 0.3) is 0 Å². The second-order valence-electron chi connectivity index (χ2n) is 4.56. The number of aryl methyl sites for hydroxylation is 1. The van der Waals surface area contributed by atoms with Crippen molar-refractivity contribution in [3.8, 4) is 0 Å². The summed E-state index contributed by atoms with van der Waals surface area (Å²) in [6.07, 6.45) is 7.03. The summed E-state index contributed by atoms with van der Waals surface area (Å²) in [4.78, 5) is 0. The van der Waals surface area contributed by atoms with E-state index < -0.39 is 0 Å². The third-order valence-electron chi connectivity index (χ3n) is 3.44. The molecule has 0 bridgehead atoms. The molecule has 0 spiro atoms. The number of rotatable bonds is 2. The van der Waals surface area contributed by atoms with Gasteiger partial charge in [0.15, 0.2) is 0 Å². The fraction of sp³-hybridized carbons (Fsp3) is 0.429. The van der Waals surface area contributed by atoms with Gasteiger partial charge in [0.1, 0.15) is 0 Å². The van der Waals surface area contributed by atoms with Crippen molar-refractivity contribution in [2.75, 3.05) is 0 Å². The lowest BCUT2D eigenvalue weighted by atomic mass is 9.69. The van der Waals surface area contributed by atoms with Crippen LogP contribution in [0.3, 0.4) is 0 Å². The average Bonchev–Trinajstić information content (AvgIpc) is 2.19. The minimum Gasteiger partial charge on any atom is -0.103 e. The van der Waals surface area contributed by atoms with E-state index >= 15 is 0 Å². The molecule has 0 N–H and O–H groups in total. The summed E-state index contributed by atoms with van der Waals surface area (Å²) in [7, 11) is 0. The van der Waals surface area contributed by atoms with Gasteiger partial charge in [-0.05, 0) is 42.2 Å². The molecule has 1 atom stereocenters. The van der Waals surface area contributed by atoms with Crippen LogP contribution in [0.4, 0.5) is 0 Å². The molecule has 0 radical (unpaired) electrons. The third kappa shape index (κ3) is 1.50. The SMILES string of the molecule is C=CCC1(C)CCCc2ccccc21. The minimum atomic E-state index is 0.344. The third-order valence-corrected chi connectivity index (χ3v) is 3.44. The molecule has 2 rings (SSSR count). The van der Waals surface area contributed by atoms with Crippen LogP contribution in [0.15, 0.2) is 36.9 Å². The second-order valence-corrected chi connectivity index (χ2v) is 4.56. The van der Waals surface area contributed by atoms with Crippen molar-refractivity contribution >= 4 is 0 Å². The Balaban J connectivity index is 2.44. The molecule has 1 aliphatic carbocycles. The zero-order chi connectivity index (χ0) is 10.0. The van der Waals surface area contributed by atoms with Crippen LogP contribution in [0.25, 0.3) is 0 Å². The fourth-order valence-electron chi connectivity index (χ4n) is 2.66. The summed E-state index contributed by atoms with van der Waals surface area (Å²) in [6.45, 7) is 6.24. The predicted molar refractivity (Wildman–Crippen MR) is 61.5 cm³/mol. The van der Waals surface area contributed by atoms with Crippen LogP contribution >= 0.6 is 0 Å². The molecule has 74 valence electrons. The first-order valence-electron chi connectivity index (χ1n) is 5.45. The van der Waals surface area contributed by atoms with Gasteiger partial charge in [-0.25, -0.2) is 0 Å². The van der Waals surface area contributed by atoms with Crippen molar-refractivity contribution in [1.82, 2.24) is 0 Å². The van der Waals surface area contributed by atoms with Crippen molar-refractivity contribution in [1.29, 1.82) is 0 Å². The standard InChI is InChI=1S/C14H18/c1-3-10-14(2)11-6-8-12-7-4-5-9-13(12)14/h3-5,7,9H,1,6,8,10-11H2,2H3. The molecule has 14 heavy (non-hydrogen) atoms. The van der Waals surface area contributed by atoms with Gasteiger partial charge in [-0.15, -0.1) is 6.58 Å². The van der Waals surface area contributed by atoms with E-state index in [4.69, 9.17) is 0 Å². The van der Waals surface area contributed by atoms with Crippen molar-refractivity contribution in [3.63, 3.8) is 0 Å². The topological polar surface area (TPSA) is 0 Å².